The van der Waals surface area contributed by atoms with Crippen molar-refractivity contribution in [3.63, 3.8) is 0 Å². The molecule has 1 saturated heterocycles. The van der Waals surface area contributed by atoms with Crippen LogP contribution in [0.3, 0.4) is 0 Å². The van der Waals surface area contributed by atoms with Gasteiger partial charge in [-0.05, 0) is 54.7 Å². The third-order valence-corrected chi connectivity index (χ3v) is 7.53. The second kappa shape index (κ2) is 9.12. The number of aromatic amines is 1. The lowest BCUT2D eigenvalue weighted by atomic mass is 9.78. The number of nitrogens with zero attached hydrogens (tertiary/aromatic N) is 2. The summed E-state index contributed by atoms with van der Waals surface area (Å²) in [6.07, 6.45) is 2.91. The molecule has 0 spiro atoms. The van der Waals surface area contributed by atoms with E-state index in [-0.39, 0.29) is 23.3 Å². The van der Waals surface area contributed by atoms with E-state index in [9.17, 15) is 4.79 Å². The summed E-state index contributed by atoms with van der Waals surface area (Å²) in [5.41, 5.74) is 4.33. The lowest BCUT2D eigenvalue weighted by Gasteiger charge is -2.39. The fourth-order valence-electron chi connectivity index (χ4n) is 5.60. The van der Waals surface area contributed by atoms with E-state index >= 15 is 0 Å². The maximum Gasteiger partial charge on any atom is 0.326 e. The van der Waals surface area contributed by atoms with Crippen molar-refractivity contribution in [3.8, 4) is 11.5 Å². The van der Waals surface area contributed by atoms with Crippen LogP contribution in [-0.2, 0) is 10.2 Å². The van der Waals surface area contributed by atoms with Gasteiger partial charge in [0.15, 0.2) is 11.5 Å². The molecule has 0 amide bonds. The Labute approximate surface area is 200 Å². The topological polar surface area (TPSA) is 68.7 Å². The monoisotopic (exact) mass is 465 g/mol. The zero-order chi connectivity index (χ0) is 23.9. The molecule has 0 bridgehead atoms. The molecule has 0 radical (unpaired) electrons. The SMILES string of the molecule is COc1cc2c(cc1OC)C(C)(C)COC2CCN1CCC(n2c(=O)[nH]c3ccccc32)CC1. The Balaban J connectivity index is 1.26. The summed E-state index contributed by atoms with van der Waals surface area (Å²) in [5, 5.41) is 0. The van der Waals surface area contributed by atoms with Crippen LogP contribution in [0.1, 0.15) is 56.4 Å². The Morgan fingerprint density at radius 3 is 2.53 bits per heavy atom. The number of piperidine rings is 1. The molecule has 1 atom stereocenters. The lowest BCUT2D eigenvalue weighted by molar-refractivity contribution is -0.00474. The Morgan fingerprint density at radius 1 is 1.09 bits per heavy atom. The summed E-state index contributed by atoms with van der Waals surface area (Å²) >= 11 is 0. The maximum atomic E-state index is 12.6. The zero-order valence-corrected chi connectivity index (χ0v) is 20.6. The normalized spacial score (nSPS) is 20.9. The smallest absolute Gasteiger partial charge is 0.326 e. The highest BCUT2D eigenvalue weighted by atomic mass is 16.5. The van der Waals surface area contributed by atoms with Gasteiger partial charge in [0.1, 0.15) is 0 Å². The fraction of sp³-hybridized carbons (Fsp3) is 0.519. The minimum Gasteiger partial charge on any atom is -0.493 e. The van der Waals surface area contributed by atoms with Crippen LogP contribution in [0, 0.1) is 0 Å². The number of para-hydroxylation sites is 2. The predicted molar refractivity (Wildman–Crippen MR) is 133 cm³/mol. The molecule has 34 heavy (non-hydrogen) atoms. The van der Waals surface area contributed by atoms with Gasteiger partial charge in [0.2, 0.25) is 0 Å². The van der Waals surface area contributed by atoms with Crippen molar-refractivity contribution in [2.75, 3.05) is 40.5 Å². The highest BCUT2D eigenvalue weighted by Gasteiger charge is 2.35. The Kier molecular flexibility index (Phi) is 6.16. The van der Waals surface area contributed by atoms with Crippen molar-refractivity contribution in [3.05, 3.63) is 58.0 Å². The molecule has 7 heteroatoms. The molecule has 2 aliphatic rings. The average Bonchev–Trinajstić information content (AvgIpc) is 3.18. The van der Waals surface area contributed by atoms with Crippen LogP contribution in [0.4, 0.5) is 0 Å². The summed E-state index contributed by atoms with van der Waals surface area (Å²) in [6.45, 7) is 8.04. The molecular weight excluding hydrogens is 430 g/mol. The molecule has 2 aromatic carbocycles. The number of methoxy groups -OCH3 is 2. The largest absolute Gasteiger partial charge is 0.493 e. The number of imidazole rings is 1. The first-order valence-corrected chi connectivity index (χ1v) is 12.2. The van der Waals surface area contributed by atoms with E-state index in [1.165, 1.54) is 11.1 Å². The number of nitrogens with one attached hydrogen (secondary N) is 1. The number of rotatable bonds is 6. The van der Waals surface area contributed by atoms with Crippen LogP contribution < -0.4 is 15.2 Å². The van der Waals surface area contributed by atoms with Crippen LogP contribution in [-0.4, -0.2) is 54.9 Å². The van der Waals surface area contributed by atoms with Gasteiger partial charge in [-0.2, -0.15) is 0 Å². The first-order chi connectivity index (χ1) is 16.4. The van der Waals surface area contributed by atoms with E-state index < -0.39 is 0 Å². The van der Waals surface area contributed by atoms with Gasteiger partial charge in [-0.15, -0.1) is 0 Å². The molecule has 3 heterocycles. The van der Waals surface area contributed by atoms with Crippen LogP contribution in [0.25, 0.3) is 11.0 Å². The van der Waals surface area contributed by atoms with Crippen LogP contribution >= 0.6 is 0 Å². The summed E-state index contributed by atoms with van der Waals surface area (Å²) in [4.78, 5) is 18.1. The van der Waals surface area contributed by atoms with Gasteiger partial charge in [-0.25, -0.2) is 4.79 Å². The summed E-state index contributed by atoms with van der Waals surface area (Å²) in [7, 11) is 3.36. The van der Waals surface area contributed by atoms with E-state index in [4.69, 9.17) is 14.2 Å². The number of benzene rings is 2. The minimum absolute atomic E-state index is 0.00106. The van der Waals surface area contributed by atoms with Gasteiger partial charge in [0, 0.05) is 31.1 Å². The zero-order valence-electron chi connectivity index (χ0n) is 20.6. The number of hydrogen-bond donors (Lipinski definition) is 1. The lowest BCUT2D eigenvalue weighted by Crippen LogP contribution is -2.39. The van der Waals surface area contributed by atoms with Gasteiger partial charge in [-0.3, -0.25) is 4.57 Å². The van der Waals surface area contributed by atoms with Gasteiger partial charge in [0.05, 0.1) is 38.0 Å². The third-order valence-electron chi connectivity index (χ3n) is 7.53. The molecule has 1 N–H and O–H groups in total. The van der Waals surface area contributed by atoms with Crippen LogP contribution in [0.2, 0.25) is 0 Å². The molecule has 7 nitrogen and oxygen atoms in total. The summed E-state index contributed by atoms with van der Waals surface area (Å²) in [6, 6.07) is 12.4. The van der Waals surface area contributed by atoms with Crippen molar-refractivity contribution in [2.24, 2.45) is 0 Å². The van der Waals surface area contributed by atoms with Gasteiger partial charge in [0.25, 0.3) is 0 Å². The summed E-state index contributed by atoms with van der Waals surface area (Å²) < 4.78 is 19.4. The second-order valence-corrected chi connectivity index (χ2v) is 10.2. The Morgan fingerprint density at radius 2 is 1.79 bits per heavy atom. The van der Waals surface area contributed by atoms with Crippen molar-refractivity contribution in [1.82, 2.24) is 14.5 Å². The number of fused-ring (bicyclic) bond motifs is 2. The molecule has 1 unspecified atom stereocenters. The van der Waals surface area contributed by atoms with Gasteiger partial charge < -0.3 is 24.1 Å². The van der Waals surface area contributed by atoms with E-state index in [0.29, 0.717) is 6.61 Å². The highest BCUT2D eigenvalue weighted by Crippen LogP contribution is 2.44. The molecule has 182 valence electrons. The quantitative estimate of drug-likeness (QED) is 0.584. The first-order valence-electron chi connectivity index (χ1n) is 12.2. The molecular formula is C27H35N3O4. The fourth-order valence-corrected chi connectivity index (χ4v) is 5.60. The highest BCUT2D eigenvalue weighted by molar-refractivity contribution is 5.75. The molecule has 2 aliphatic heterocycles. The number of ether oxygens (including phenoxy) is 3. The van der Waals surface area contributed by atoms with Crippen molar-refractivity contribution < 1.29 is 14.2 Å². The number of likely N-dealkylation sites (tertiary alicyclic amines) is 1. The number of hydrogen-bond acceptors (Lipinski definition) is 5. The van der Waals surface area contributed by atoms with Gasteiger partial charge >= 0.3 is 5.69 Å². The minimum atomic E-state index is -0.0731. The van der Waals surface area contributed by atoms with E-state index in [1.807, 2.05) is 28.8 Å². The third kappa shape index (κ3) is 4.12. The van der Waals surface area contributed by atoms with Crippen molar-refractivity contribution in [2.45, 2.75) is 50.7 Å². The van der Waals surface area contributed by atoms with E-state index in [1.54, 1.807) is 14.2 Å². The Hall–Kier alpha value is -2.77. The molecule has 3 aromatic rings. The van der Waals surface area contributed by atoms with E-state index in [0.717, 1.165) is 61.4 Å². The molecule has 0 aliphatic carbocycles. The second-order valence-electron chi connectivity index (χ2n) is 10.2. The Bertz CT molecular complexity index is 1220. The standard InChI is InChI=1S/C27H35N3O4/c1-27(2)17-34-23(19-15-24(32-3)25(33-4)16-20(19)27)11-14-29-12-9-18(10-13-29)30-22-8-6-5-7-21(22)28-26(30)31/h5-8,15-16,18,23H,9-14,17H2,1-4H3,(H,28,31). The molecule has 1 aromatic heterocycles. The maximum absolute atomic E-state index is 12.6. The first kappa shape index (κ1) is 23.0. The average molecular weight is 466 g/mol. The summed E-state index contributed by atoms with van der Waals surface area (Å²) in [5.74, 6) is 1.52. The molecule has 0 saturated carbocycles. The van der Waals surface area contributed by atoms with Crippen molar-refractivity contribution >= 4 is 11.0 Å². The molecule has 5 rings (SSSR count). The van der Waals surface area contributed by atoms with Gasteiger partial charge in [-0.1, -0.05) is 26.0 Å². The van der Waals surface area contributed by atoms with Crippen molar-refractivity contribution in [1.29, 1.82) is 0 Å². The number of H-pyrrole nitrogens is 1. The van der Waals surface area contributed by atoms with Crippen LogP contribution in [0.15, 0.2) is 41.2 Å². The van der Waals surface area contributed by atoms with E-state index in [2.05, 4.69) is 35.9 Å². The predicted octanol–water partition coefficient (Wildman–Crippen LogP) is 4.42. The number of aromatic nitrogens is 2. The van der Waals surface area contributed by atoms with Crippen LogP contribution in [0.5, 0.6) is 11.5 Å². The molecule has 1 fully saturated rings.